The van der Waals surface area contributed by atoms with E-state index in [4.69, 9.17) is 9.47 Å². The van der Waals surface area contributed by atoms with Gasteiger partial charge in [0.25, 0.3) is 0 Å². The second-order valence-electron chi connectivity index (χ2n) is 6.22. The molecule has 0 spiro atoms. The molecule has 3 rings (SSSR count). The van der Waals surface area contributed by atoms with Gasteiger partial charge in [0, 0.05) is 11.1 Å². The largest absolute Gasteiger partial charge is 0.497 e. The molecule has 0 aliphatic carbocycles. The molecule has 140 valence electrons. The summed E-state index contributed by atoms with van der Waals surface area (Å²) in [5.74, 6) is 0.341. The van der Waals surface area contributed by atoms with Crippen LogP contribution in [0, 0.1) is 6.92 Å². The molecule has 3 aromatic carbocycles. The first-order chi connectivity index (χ1) is 13.6. The minimum atomic E-state index is -0.496. The Labute approximate surface area is 164 Å². The molecule has 0 fully saturated rings. The van der Waals surface area contributed by atoms with Crippen LogP contribution in [0.1, 0.15) is 31.8 Å². The molecule has 4 nitrogen and oxygen atoms in total. The van der Waals surface area contributed by atoms with Crippen molar-refractivity contribution in [2.75, 3.05) is 7.11 Å². The highest BCUT2D eigenvalue weighted by molar-refractivity contribution is 6.07. The molecule has 0 saturated heterocycles. The summed E-state index contributed by atoms with van der Waals surface area (Å²) in [5.41, 5.74) is 2.72. The smallest absolute Gasteiger partial charge is 0.343 e. The summed E-state index contributed by atoms with van der Waals surface area (Å²) < 4.78 is 10.7. The molecule has 0 bridgehead atoms. The van der Waals surface area contributed by atoms with Crippen LogP contribution in [0.25, 0.3) is 6.08 Å². The molecule has 0 unspecified atom stereocenters. The van der Waals surface area contributed by atoms with Crippen molar-refractivity contribution in [3.8, 4) is 11.5 Å². The first-order valence-electron chi connectivity index (χ1n) is 8.81. The van der Waals surface area contributed by atoms with Gasteiger partial charge in [-0.3, -0.25) is 4.79 Å². The van der Waals surface area contributed by atoms with E-state index in [1.807, 2.05) is 25.1 Å². The second-order valence-corrected chi connectivity index (χ2v) is 6.22. The molecule has 4 heteroatoms. The lowest BCUT2D eigenvalue weighted by molar-refractivity contribution is 0.0734. The van der Waals surface area contributed by atoms with Gasteiger partial charge in [-0.2, -0.15) is 0 Å². The number of carbonyl (C=O) groups is 2. The van der Waals surface area contributed by atoms with Crippen molar-refractivity contribution in [2.45, 2.75) is 6.92 Å². The van der Waals surface area contributed by atoms with E-state index in [-0.39, 0.29) is 5.78 Å². The topological polar surface area (TPSA) is 52.6 Å². The number of ketones is 1. The summed E-state index contributed by atoms with van der Waals surface area (Å²) in [4.78, 5) is 24.8. The number of benzene rings is 3. The van der Waals surface area contributed by atoms with E-state index in [2.05, 4.69) is 0 Å². The number of hydrogen-bond acceptors (Lipinski definition) is 4. The van der Waals surface area contributed by atoms with E-state index in [1.165, 1.54) is 13.2 Å². The maximum Gasteiger partial charge on any atom is 0.343 e. The van der Waals surface area contributed by atoms with Crippen molar-refractivity contribution in [1.82, 2.24) is 0 Å². The lowest BCUT2D eigenvalue weighted by Gasteiger charge is -2.08. The van der Waals surface area contributed by atoms with Crippen LogP contribution in [0.15, 0.2) is 78.9 Å². The van der Waals surface area contributed by atoms with Crippen molar-refractivity contribution in [1.29, 1.82) is 0 Å². The zero-order valence-electron chi connectivity index (χ0n) is 15.7. The van der Waals surface area contributed by atoms with E-state index in [1.54, 1.807) is 60.7 Å². The minimum absolute atomic E-state index is 0.117. The molecule has 0 aliphatic heterocycles. The predicted octanol–water partition coefficient (Wildman–Crippen LogP) is 5.12. The number of esters is 1. The fourth-order valence-corrected chi connectivity index (χ4v) is 2.60. The molecule has 0 atom stereocenters. The van der Waals surface area contributed by atoms with Crippen LogP contribution in [-0.2, 0) is 0 Å². The number of rotatable bonds is 6. The molecule has 0 aromatic heterocycles. The van der Waals surface area contributed by atoms with Gasteiger partial charge in [-0.15, -0.1) is 0 Å². The number of hydrogen-bond donors (Lipinski definition) is 0. The maximum absolute atomic E-state index is 12.5. The molecular formula is C24H20O4. The average Bonchev–Trinajstić information content (AvgIpc) is 2.73. The first-order valence-corrected chi connectivity index (χ1v) is 8.81. The van der Waals surface area contributed by atoms with Crippen LogP contribution < -0.4 is 9.47 Å². The van der Waals surface area contributed by atoms with Gasteiger partial charge in [0.05, 0.1) is 12.7 Å². The maximum atomic E-state index is 12.5. The molecular weight excluding hydrogens is 352 g/mol. The van der Waals surface area contributed by atoms with Crippen LogP contribution >= 0.6 is 0 Å². The van der Waals surface area contributed by atoms with Gasteiger partial charge in [0.15, 0.2) is 5.78 Å². The van der Waals surface area contributed by atoms with Crippen molar-refractivity contribution < 1.29 is 19.1 Å². The number of allylic oxidation sites excluding steroid dienone is 1. The lowest BCUT2D eigenvalue weighted by Crippen LogP contribution is -2.09. The highest BCUT2D eigenvalue weighted by Gasteiger charge is 2.11. The van der Waals surface area contributed by atoms with Gasteiger partial charge < -0.3 is 9.47 Å². The van der Waals surface area contributed by atoms with Gasteiger partial charge in [-0.05, 0) is 43.3 Å². The summed E-state index contributed by atoms with van der Waals surface area (Å²) in [6.07, 6.45) is 3.12. The quantitative estimate of drug-likeness (QED) is 0.261. The Bertz CT molecular complexity index is 1020. The predicted molar refractivity (Wildman–Crippen MR) is 109 cm³/mol. The number of ether oxygens (including phenoxy) is 2. The van der Waals surface area contributed by atoms with E-state index >= 15 is 0 Å². The van der Waals surface area contributed by atoms with Crippen LogP contribution in [0.3, 0.4) is 0 Å². The lowest BCUT2D eigenvalue weighted by atomic mass is 10.1. The Kier molecular flexibility index (Phi) is 6.02. The van der Waals surface area contributed by atoms with Crippen molar-refractivity contribution >= 4 is 17.8 Å². The standard InChI is InChI=1S/C24H20O4/c1-17-10-12-18(13-11-17)22(25)15-14-19-6-3-4-9-23(19)28-24(26)20-7-5-8-21(16-20)27-2/h3-16H,1-2H3/b15-14+. The summed E-state index contributed by atoms with van der Waals surface area (Å²) in [7, 11) is 1.54. The highest BCUT2D eigenvalue weighted by Crippen LogP contribution is 2.22. The molecule has 0 radical (unpaired) electrons. The van der Waals surface area contributed by atoms with Gasteiger partial charge >= 0.3 is 5.97 Å². The number of carbonyl (C=O) groups excluding carboxylic acids is 2. The fourth-order valence-electron chi connectivity index (χ4n) is 2.60. The molecule has 0 heterocycles. The van der Waals surface area contributed by atoms with Crippen molar-refractivity contribution in [2.24, 2.45) is 0 Å². The molecule has 0 amide bonds. The van der Waals surface area contributed by atoms with Gasteiger partial charge in [0.2, 0.25) is 0 Å². The Balaban J connectivity index is 1.78. The van der Waals surface area contributed by atoms with E-state index < -0.39 is 5.97 Å². The van der Waals surface area contributed by atoms with Crippen LogP contribution in [-0.4, -0.2) is 18.9 Å². The van der Waals surface area contributed by atoms with Gasteiger partial charge in [-0.25, -0.2) is 4.79 Å². The SMILES string of the molecule is COc1cccc(C(=O)Oc2ccccc2/C=C/C(=O)c2ccc(C)cc2)c1. The third-order valence-electron chi connectivity index (χ3n) is 4.18. The van der Waals surface area contributed by atoms with Crippen LogP contribution in [0.5, 0.6) is 11.5 Å². The first kappa shape index (κ1) is 19.1. The third kappa shape index (κ3) is 4.74. The molecule has 0 N–H and O–H groups in total. The zero-order chi connectivity index (χ0) is 19.9. The average molecular weight is 372 g/mol. The summed E-state index contributed by atoms with van der Waals surface area (Å²) in [5, 5.41) is 0. The van der Waals surface area contributed by atoms with Crippen LogP contribution in [0.2, 0.25) is 0 Å². The Morgan fingerprint density at radius 3 is 2.36 bits per heavy atom. The normalized spacial score (nSPS) is 10.6. The summed E-state index contributed by atoms with van der Waals surface area (Å²) >= 11 is 0. The minimum Gasteiger partial charge on any atom is -0.497 e. The summed E-state index contributed by atoms with van der Waals surface area (Å²) in [6, 6.07) is 21.2. The van der Waals surface area contributed by atoms with Crippen molar-refractivity contribution in [3.05, 3.63) is 101 Å². The summed E-state index contributed by atoms with van der Waals surface area (Å²) in [6.45, 7) is 1.97. The van der Waals surface area contributed by atoms with E-state index in [9.17, 15) is 9.59 Å². The molecule has 3 aromatic rings. The fraction of sp³-hybridized carbons (Fsp3) is 0.0833. The monoisotopic (exact) mass is 372 g/mol. The molecule has 0 aliphatic rings. The highest BCUT2D eigenvalue weighted by atomic mass is 16.5. The molecule has 28 heavy (non-hydrogen) atoms. The third-order valence-corrected chi connectivity index (χ3v) is 4.18. The number of aryl methyl sites for hydroxylation is 1. The van der Waals surface area contributed by atoms with Crippen molar-refractivity contribution in [3.63, 3.8) is 0 Å². The van der Waals surface area contributed by atoms with E-state index in [0.717, 1.165) is 5.56 Å². The molecule has 0 saturated carbocycles. The Morgan fingerprint density at radius 2 is 1.61 bits per heavy atom. The van der Waals surface area contributed by atoms with Gasteiger partial charge in [-0.1, -0.05) is 54.1 Å². The Morgan fingerprint density at radius 1 is 0.857 bits per heavy atom. The zero-order valence-corrected chi connectivity index (χ0v) is 15.7. The second kappa shape index (κ2) is 8.82. The number of methoxy groups -OCH3 is 1. The van der Waals surface area contributed by atoms with Crippen LogP contribution in [0.4, 0.5) is 0 Å². The van der Waals surface area contributed by atoms with Gasteiger partial charge in [0.1, 0.15) is 11.5 Å². The number of para-hydroxylation sites is 1. The van der Waals surface area contributed by atoms with E-state index in [0.29, 0.717) is 28.2 Å². The Hall–Kier alpha value is -3.66.